The smallest absolute Gasteiger partial charge is 0.312 e. The first-order valence-corrected chi connectivity index (χ1v) is 14.8. The molecule has 1 N–H and O–H groups in total. The highest BCUT2D eigenvalue weighted by atomic mass is 79.9. The fourth-order valence-corrected chi connectivity index (χ4v) is 8.32. The Hall–Kier alpha value is -1.45. The first-order valence-electron chi connectivity index (χ1n) is 13.9. The van der Waals surface area contributed by atoms with Crippen molar-refractivity contribution >= 4 is 33.7 Å². The Morgan fingerprint density at radius 2 is 1.95 bits per heavy atom. The molecule has 216 valence electrons. The van der Waals surface area contributed by atoms with Crippen molar-refractivity contribution < 1.29 is 29.0 Å². The number of likely N-dealkylation sites (tertiary alicyclic amines) is 1. The number of rotatable bonds is 11. The lowest BCUT2D eigenvalue weighted by Crippen LogP contribution is -2.62. The summed E-state index contributed by atoms with van der Waals surface area (Å²) in [6.07, 6.45) is 2.80. The number of ether oxygens (including phenoxy) is 2. The van der Waals surface area contributed by atoms with E-state index < -0.39 is 47.1 Å². The van der Waals surface area contributed by atoms with E-state index in [9.17, 15) is 19.5 Å². The second-order valence-corrected chi connectivity index (χ2v) is 14.6. The number of alkyl halides is 1. The molecule has 2 amide bonds. The zero-order valence-corrected chi connectivity index (χ0v) is 25.9. The van der Waals surface area contributed by atoms with Crippen LogP contribution >= 0.6 is 15.9 Å². The zero-order chi connectivity index (χ0) is 28.8. The lowest BCUT2D eigenvalue weighted by molar-refractivity contribution is -0.158. The summed E-state index contributed by atoms with van der Waals surface area (Å²) in [5, 5.41) is 10.5. The molecule has 3 saturated heterocycles. The van der Waals surface area contributed by atoms with Gasteiger partial charge in [-0.2, -0.15) is 0 Å². The van der Waals surface area contributed by atoms with Gasteiger partial charge in [-0.25, -0.2) is 0 Å². The lowest BCUT2D eigenvalue weighted by Gasteiger charge is -2.46. The van der Waals surface area contributed by atoms with Crippen molar-refractivity contribution in [3.05, 3.63) is 12.7 Å². The third kappa shape index (κ3) is 5.44. The van der Waals surface area contributed by atoms with E-state index in [-0.39, 0.29) is 41.2 Å². The molecule has 1 spiro atoms. The molecule has 3 unspecified atom stereocenters. The minimum absolute atomic E-state index is 0.0568. The molecule has 3 aliphatic heterocycles. The minimum Gasteiger partial charge on any atom is -0.466 e. The molecule has 3 fully saturated rings. The maximum Gasteiger partial charge on any atom is 0.312 e. The number of amides is 2. The van der Waals surface area contributed by atoms with Crippen molar-refractivity contribution in [1.29, 1.82) is 0 Å². The normalized spacial score (nSPS) is 31.5. The van der Waals surface area contributed by atoms with Crippen LogP contribution in [0.3, 0.4) is 0 Å². The largest absolute Gasteiger partial charge is 0.466 e. The summed E-state index contributed by atoms with van der Waals surface area (Å²) in [4.78, 5) is 45.4. The van der Waals surface area contributed by atoms with Gasteiger partial charge >= 0.3 is 5.97 Å². The number of esters is 1. The summed E-state index contributed by atoms with van der Waals surface area (Å²) in [7, 11) is 0. The van der Waals surface area contributed by atoms with Crippen LogP contribution in [0.25, 0.3) is 0 Å². The van der Waals surface area contributed by atoms with Gasteiger partial charge in [-0.05, 0) is 51.4 Å². The van der Waals surface area contributed by atoms with E-state index in [0.29, 0.717) is 19.4 Å². The van der Waals surface area contributed by atoms with Crippen LogP contribution in [0.5, 0.6) is 0 Å². The number of aliphatic hydroxyl groups is 1. The molecule has 3 rings (SSSR count). The van der Waals surface area contributed by atoms with E-state index in [1.807, 2.05) is 27.7 Å². The maximum atomic E-state index is 14.8. The second-order valence-electron chi connectivity index (χ2n) is 13.4. The van der Waals surface area contributed by atoms with Crippen molar-refractivity contribution in [2.75, 3.05) is 19.8 Å². The topological polar surface area (TPSA) is 96.4 Å². The summed E-state index contributed by atoms with van der Waals surface area (Å²) < 4.78 is 12.0. The average molecular weight is 600 g/mol. The quantitative estimate of drug-likeness (QED) is 0.220. The number of carbonyl (C=O) groups excluding carboxylic acids is 3. The number of hydrogen-bond donors (Lipinski definition) is 1. The summed E-state index contributed by atoms with van der Waals surface area (Å²) in [6, 6.07) is -1.55. The molecule has 3 aliphatic rings. The van der Waals surface area contributed by atoms with Crippen LogP contribution in [0.4, 0.5) is 0 Å². The molecule has 0 aromatic carbocycles. The summed E-state index contributed by atoms with van der Waals surface area (Å²) in [5.74, 6) is -2.49. The molecule has 0 saturated carbocycles. The molecule has 8 nitrogen and oxygen atoms in total. The van der Waals surface area contributed by atoms with Gasteiger partial charge in [-0.1, -0.05) is 56.6 Å². The predicted molar refractivity (Wildman–Crippen MR) is 150 cm³/mol. The molecule has 0 aliphatic carbocycles. The van der Waals surface area contributed by atoms with E-state index in [1.165, 1.54) is 0 Å². The Morgan fingerprint density at radius 3 is 2.45 bits per heavy atom. The van der Waals surface area contributed by atoms with Gasteiger partial charge in [0.05, 0.1) is 37.2 Å². The van der Waals surface area contributed by atoms with Gasteiger partial charge in [0.25, 0.3) is 0 Å². The highest BCUT2D eigenvalue weighted by Gasteiger charge is 2.77. The minimum atomic E-state index is -1.19. The van der Waals surface area contributed by atoms with E-state index in [1.54, 1.807) is 22.8 Å². The van der Waals surface area contributed by atoms with Gasteiger partial charge in [0.1, 0.15) is 11.6 Å². The first-order chi connectivity index (χ1) is 17.6. The highest BCUT2D eigenvalue weighted by Crippen LogP contribution is 2.61. The highest BCUT2D eigenvalue weighted by molar-refractivity contribution is 9.09. The molecule has 3 heterocycles. The molecule has 0 radical (unpaired) electrons. The Labute approximate surface area is 236 Å². The third-order valence-corrected chi connectivity index (χ3v) is 8.98. The van der Waals surface area contributed by atoms with Crippen molar-refractivity contribution in [3.63, 3.8) is 0 Å². The second kappa shape index (κ2) is 11.2. The van der Waals surface area contributed by atoms with Gasteiger partial charge in [0.2, 0.25) is 11.8 Å². The molecule has 2 bridgehead atoms. The maximum absolute atomic E-state index is 14.8. The Morgan fingerprint density at radius 1 is 1.32 bits per heavy atom. The number of carbonyl (C=O) groups is 3. The standard InChI is InChI=1S/C29H47BrN2O6/c1-10-12-31(28(8,9)16-27(5,6)7)25(35)23-29-14-19(30)22(38-29)20(26(36)37-11-2)21(29)24(34)32(23)18(15-33)13-17(3)4/h10,17-23,33H,1,11-16H2,2-9H3/t18-,19?,20-,21+,22-,23?,29?/m1/s1. The van der Waals surface area contributed by atoms with Crippen molar-refractivity contribution in [2.24, 2.45) is 23.2 Å². The van der Waals surface area contributed by atoms with Gasteiger partial charge < -0.3 is 24.4 Å². The van der Waals surface area contributed by atoms with E-state index in [0.717, 1.165) is 6.42 Å². The first kappa shape index (κ1) is 31.1. The molecule has 38 heavy (non-hydrogen) atoms. The van der Waals surface area contributed by atoms with Gasteiger partial charge in [-0.15, -0.1) is 6.58 Å². The van der Waals surface area contributed by atoms with Crippen LogP contribution in [-0.4, -0.2) is 86.6 Å². The van der Waals surface area contributed by atoms with Gasteiger partial charge in [0, 0.05) is 16.9 Å². The van der Waals surface area contributed by atoms with Gasteiger partial charge in [0.15, 0.2) is 0 Å². The number of aliphatic hydroxyl groups excluding tert-OH is 1. The van der Waals surface area contributed by atoms with E-state index >= 15 is 0 Å². The summed E-state index contributed by atoms with van der Waals surface area (Å²) in [6.45, 7) is 20.4. The zero-order valence-electron chi connectivity index (χ0n) is 24.3. The summed E-state index contributed by atoms with van der Waals surface area (Å²) in [5.41, 5.74) is -1.80. The fraction of sp³-hybridized carbons (Fsp3) is 0.828. The van der Waals surface area contributed by atoms with Crippen molar-refractivity contribution in [3.8, 4) is 0 Å². The molecular weight excluding hydrogens is 552 g/mol. The number of fused-ring (bicyclic) bond motifs is 1. The number of halogens is 1. The van der Waals surface area contributed by atoms with Crippen LogP contribution in [-0.2, 0) is 23.9 Å². The third-order valence-electron chi connectivity index (χ3n) is 8.14. The van der Waals surface area contributed by atoms with Crippen LogP contribution < -0.4 is 0 Å². The molecule has 9 heteroatoms. The van der Waals surface area contributed by atoms with E-state index in [2.05, 4.69) is 43.3 Å². The monoisotopic (exact) mass is 598 g/mol. The predicted octanol–water partition coefficient (Wildman–Crippen LogP) is 3.93. The van der Waals surface area contributed by atoms with E-state index in [4.69, 9.17) is 9.47 Å². The molecule has 0 aromatic rings. The average Bonchev–Trinajstić information content (AvgIpc) is 3.37. The number of hydrogen-bond acceptors (Lipinski definition) is 6. The Bertz CT molecular complexity index is 931. The van der Waals surface area contributed by atoms with Crippen LogP contribution in [0.1, 0.15) is 74.7 Å². The van der Waals surface area contributed by atoms with Crippen molar-refractivity contribution in [1.82, 2.24) is 9.80 Å². The Kier molecular flexibility index (Phi) is 9.16. The van der Waals surface area contributed by atoms with Crippen LogP contribution in [0.2, 0.25) is 0 Å². The van der Waals surface area contributed by atoms with Crippen molar-refractivity contribution in [2.45, 2.75) is 109 Å². The molecule has 7 atom stereocenters. The Balaban J connectivity index is 2.17. The van der Waals surface area contributed by atoms with Crippen LogP contribution in [0.15, 0.2) is 12.7 Å². The SMILES string of the molecule is C=CCN(C(=O)C1N([C@@H](CO)CC(C)C)C(=O)[C@@H]2[C@@H](C(=O)OCC)[C@@H]3OC12CC3Br)C(C)(C)CC(C)(C)C. The van der Waals surface area contributed by atoms with Crippen LogP contribution in [0, 0.1) is 23.2 Å². The van der Waals surface area contributed by atoms with Gasteiger partial charge in [-0.3, -0.25) is 14.4 Å². The lowest BCUT2D eigenvalue weighted by atomic mass is 9.70. The molecule has 0 aromatic heterocycles. The summed E-state index contributed by atoms with van der Waals surface area (Å²) >= 11 is 3.69. The molecular formula is C29H47BrN2O6. The fourth-order valence-electron chi connectivity index (χ4n) is 7.37. The number of nitrogens with zero attached hydrogens (tertiary/aromatic N) is 2.